The van der Waals surface area contributed by atoms with Crippen LogP contribution in [0.2, 0.25) is 0 Å². The van der Waals surface area contributed by atoms with Crippen molar-refractivity contribution < 1.29 is 5.11 Å². The molecule has 19 heavy (non-hydrogen) atoms. The van der Waals surface area contributed by atoms with Crippen LogP contribution in [0.15, 0.2) is 42.5 Å². The number of rotatable bonds is 2. The molecule has 0 spiro atoms. The number of phenols is 1. The number of nitrogens with zero attached hydrogens (tertiary/aromatic N) is 1. The first-order valence-electron chi connectivity index (χ1n) is 5.84. The van der Waals surface area contributed by atoms with Gasteiger partial charge in [0.25, 0.3) is 0 Å². The summed E-state index contributed by atoms with van der Waals surface area (Å²) in [4.78, 5) is 0. The number of hydrogen-bond acceptors (Lipinski definition) is 4. The van der Waals surface area contributed by atoms with Crippen molar-refractivity contribution in [2.75, 3.05) is 5.73 Å². The van der Waals surface area contributed by atoms with E-state index >= 15 is 0 Å². The maximum atomic E-state index is 9.22. The van der Waals surface area contributed by atoms with Gasteiger partial charge in [-0.2, -0.15) is 4.37 Å². The van der Waals surface area contributed by atoms with Gasteiger partial charge in [-0.05, 0) is 46.9 Å². The van der Waals surface area contributed by atoms with Crippen LogP contribution in [0.25, 0.3) is 22.2 Å². The minimum atomic E-state index is 0.277. The third-order valence-electron chi connectivity index (χ3n) is 2.89. The molecule has 3 aromatic rings. The molecule has 0 amide bonds. The average molecular weight is 268 g/mol. The molecule has 0 aliphatic rings. The lowest BCUT2D eigenvalue weighted by Gasteiger charge is -1.96. The lowest BCUT2D eigenvalue weighted by atomic mass is 10.1. The molecule has 0 saturated heterocycles. The Labute approximate surface area is 114 Å². The van der Waals surface area contributed by atoms with E-state index in [0.29, 0.717) is 5.82 Å². The Kier molecular flexibility index (Phi) is 2.93. The predicted molar refractivity (Wildman–Crippen MR) is 81.1 cm³/mol. The minimum absolute atomic E-state index is 0.277. The average Bonchev–Trinajstić information content (AvgIpc) is 2.79. The maximum Gasteiger partial charge on any atom is 0.144 e. The molecule has 94 valence electrons. The van der Waals surface area contributed by atoms with Crippen molar-refractivity contribution in [3.63, 3.8) is 0 Å². The van der Waals surface area contributed by atoms with E-state index in [9.17, 15) is 5.11 Å². The minimum Gasteiger partial charge on any atom is -0.508 e. The van der Waals surface area contributed by atoms with E-state index in [1.165, 1.54) is 11.5 Å². The number of nitrogens with two attached hydrogens (primary N) is 1. The van der Waals surface area contributed by atoms with Gasteiger partial charge in [0.15, 0.2) is 0 Å². The molecule has 4 heteroatoms. The Hall–Kier alpha value is -2.33. The van der Waals surface area contributed by atoms with Crippen LogP contribution < -0.4 is 5.73 Å². The highest BCUT2D eigenvalue weighted by Crippen LogP contribution is 2.26. The molecule has 1 heterocycles. The van der Waals surface area contributed by atoms with Crippen molar-refractivity contribution in [3.8, 4) is 5.75 Å². The van der Waals surface area contributed by atoms with Gasteiger partial charge in [0.1, 0.15) is 11.6 Å². The second-order valence-corrected chi connectivity index (χ2v) is 5.05. The van der Waals surface area contributed by atoms with Crippen LogP contribution in [-0.2, 0) is 0 Å². The molecular weight excluding hydrogens is 256 g/mol. The van der Waals surface area contributed by atoms with Gasteiger partial charge in [-0.3, -0.25) is 0 Å². The Balaban J connectivity index is 1.90. The van der Waals surface area contributed by atoms with Crippen LogP contribution in [0.5, 0.6) is 5.75 Å². The lowest BCUT2D eigenvalue weighted by Crippen LogP contribution is -1.82. The fourth-order valence-electron chi connectivity index (χ4n) is 1.86. The van der Waals surface area contributed by atoms with Crippen LogP contribution in [0.1, 0.15) is 11.1 Å². The normalized spacial score (nSPS) is 11.4. The van der Waals surface area contributed by atoms with Crippen molar-refractivity contribution >= 4 is 39.6 Å². The molecule has 3 rings (SSSR count). The first-order valence-corrected chi connectivity index (χ1v) is 6.62. The standard InChI is InChI=1S/C15H12N2OS/c16-15-13-8-5-11(9-14(13)19-17-15)2-1-10-3-6-12(18)7-4-10/h1-9,18H,(H2,16,17)/b2-1+. The Morgan fingerprint density at radius 1 is 1.00 bits per heavy atom. The van der Waals surface area contributed by atoms with Gasteiger partial charge in [-0.25, -0.2) is 0 Å². The summed E-state index contributed by atoms with van der Waals surface area (Å²) in [6, 6.07) is 13.2. The number of aromatic nitrogens is 1. The summed E-state index contributed by atoms with van der Waals surface area (Å²) >= 11 is 1.41. The van der Waals surface area contributed by atoms with Crippen molar-refractivity contribution in [2.45, 2.75) is 0 Å². The van der Waals surface area contributed by atoms with Gasteiger partial charge in [-0.15, -0.1) is 0 Å². The summed E-state index contributed by atoms with van der Waals surface area (Å²) in [7, 11) is 0. The number of phenolic OH excluding ortho intramolecular Hbond substituents is 1. The third-order valence-corrected chi connectivity index (χ3v) is 3.71. The zero-order valence-corrected chi connectivity index (χ0v) is 10.9. The van der Waals surface area contributed by atoms with Crippen LogP contribution >= 0.6 is 11.5 Å². The smallest absolute Gasteiger partial charge is 0.144 e. The van der Waals surface area contributed by atoms with Gasteiger partial charge in [0, 0.05) is 5.39 Å². The van der Waals surface area contributed by atoms with E-state index < -0.39 is 0 Å². The predicted octanol–water partition coefficient (Wildman–Crippen LogP) is 3.75. The van der Waals surface area contributed by atoms with E-state index in [4.69, 9.17) is 5.73 Å². The van der Waals surface area contributed by atoms with E-state index in [0.717, 1.165) is 21.2 Å². The van der Waals surface area contributed by atoms with E-state index in [1.54, 1.807) is 12.1 Å². The Morgan fingerprint density at radius 3 is 2.47 bits per heavy atom. The first kappa shape index (κ1) is 11.7. The zero-order chi connectivity index (χ0) is 13.2. The number of fused-ring (bicyclic) bond motifs is 1. The third kappa shape index (κ3) is 2.44. The van der Waals surface area contributed by atoms with E-state index in [-0.39, 0.29) is 5.75 Å². The topological polar surface area (TPSA) is 59.1 Å². The molecule has 0 aliphatic carbocycles. The highest BCUT2D eigenvalue weighted by Gasteiger charge is 2.01. The van der Waals surface area contributed by atoms with E-state index in [1.807, 2.05) is 36.4 Å². The Morgan fingerprint density at radius 2 is 1.68 bits per heavy atom. The summed E-state index contributed by atoms with van der Waals surface area (Å²) in [5.74, 6) is 0.868. The van der Waals surface area contributed by atoms with Crippen molar-refractivity contribution in [1.82, 2.24) is 4.37 Å². The second-order valence-electron chi connectivity index (χ2n) is 4.25. The maximum absolute atomic E-state index is 9.22. The van der Waals surface area contributed by atoms with Crippen molar-refractivity contribution in [2.24, 2.45) is 0 Å². The van der Waals surface area contributed by atoms with Gasteiger partial charge < -0.3 is 10.8 Å². The molecule has 3 N–H and O–H groups in total. The second kappa shape index (κ2) is 4.74. The summed E-state index contributed by atoms with van der Waals surface area (Å²) in [6.45, 7) is 0. The molecular formula is C15H12N2OS. The monoisotopic (exact) mass is 268 g/mol. The molecule has 1 aromatic heterocycles. The quantitative estimate of drug-likeness (QED) is 0.696. The molecule has 0 bridgehead atoms. The van der Waals surface area contributed by atoms with Crippen LogP contribution in [0.3, 0.4) is 0 Å². The molecule has 2 aromatic carbocycles. The first-order chi connectivity index (χ1) is 9.22. The summed E-state index contributed by atoms with van der Waals surface area (Å²) in [5, 5.41) is 10.2. The molecule has 0 aliphatic heterocycles. The van der Waals surface area contributed by atoms with Crippen LogP contribution in [0.4, 0.5) is 5.82 Å². The van der Waals surface area contributed by atoms with Gasteiger partial charge in [-0.1, -0.05) is 30.4 Å². The molecule has 3 nitrogen and oxygen atoms in total. The van der Waals surface area contributed by atoms with E-state index in [2.05, 4.69) is 10.4 Å². The van der Waals surface area contributed by atoms with Crippen molar-refractivity contribution in [1.29, 1.82) is 0 Å². The van der Waals surface area contributed by atoms with Crippen LogP contribution in [0, 0.1) is 0 Å². The molecule has 0 unspecified atom stereocenters. The highest BCUT2D eigenvalue weighted by atomic mass is 32.1. The molecule has 0 saturated carbocycles. The zero-order valence-electron chi connectivity index (χ0n) is 10.1. The largest absolute Gasteiger partial charge is 0.508 e. The Bertz CT molecular complexity index is 744. The number of anilines is 1. The van der Waals surface area contributed by atoms with Gasteiger partial charge >= 0.3 is 0 Å². The van der Waals surface area contributed by atoms with Crippen LogP contribution in [-0.4, -0.2) is 9.48 Å². The molecule has 0 fully saturated rings. The van der Waals surface area contributed by atoms with Gasteiger partial charge in [0.2, 0.25) is 0 Å². The fourth-order valence-corrected chi connectivity index (χ4v) is 2.61. The highest BCUT2D eigenvalue weighted by molar-refractivity contribution is 7.13. The number of hydrogen-bond donors (Lipinski definition) is 2. The van der Waals surface area contributed by atoms with Gasteiger partial charge in [0.05, 0.1) is 4.70 Å². The number of nitrogen functional groups attached to an aromatic ring is 1. The summed E-state index contributed by atoms with van der Waals surface area (Å²) < 4.78 is 5.22. The number of aromatic hydroxyl groups is 1. The SMILES string of the molecule is Nc1nsc2cc(/C=C/c3ccc(O)cc3)ccc12. The number of benzene rings is 2. The summed E-state index contributed by atoms with van der Waals surface area (Å²) in [6.07, 6.45) is 4.03. The summed E-state index contributed by atoms with van der Waals surface area (Å²) in [5.41, 5.74) is 7.91. The fraction of sp³-hybridized carbons (Fsp3) is 0. The molecule has 0 radical (unpaired) electrons. The van der Waals surface area contributed by atoms with Crippen molar-refractivity contribution in [3.05, 3.63) is 53.6 Å². The molecule has 0 atom stereocenters. The lowest BCUT2D eigenvalue weighted by molar-refractivity contribution is 0.475.